The molecule has 1 N–H and O–H groups in total. The second-order valence-electron chi connectivity index (χ2n) is 5.58. The molecule has 0 amide bonds. The van der Waals surface area contributed by atoms with Crippen LogP contribution in [-0.2, 0) is 0 Å². The maximum Gasteiger partial charge on any atom is 0.207 e. The van der Waals surface area contributed by atoms with E-state index in [2.05, 4.69) is 21.2 Å². The fourth-order valence-corrected chi connectivity index (χ4v) is 3.23. The number of aliphatic hydroxyl groups is 1. The second kappa shape index (κ2) is 6.99. The third kappa shape index (κ3) is 3.16. The average Bonchev–Trinajstić information content (AvgIpc) is 3.00. The Hall–Kier alpha value is -2.10. The van der Waals surface area contributed by atoms with Crippen molar-refractivity contribution in [2.75, 3.05) is 18.1 Å². The summed E-state index contributed by atoms with van der Waals surface area (Å²) in [5.41, 5.74) is 0.933. The van der Waals surface area contributed by atoms with Crippen molar-refractivity contribution in [3.05, 3.63) is 35.0 Å². The SMILES string of the molecule is N#Cc1nn(-c2ccccc2Cl)nc1N1CCCCC1CCO. The quantitative estimate of drug-likeness (QED) is 0.931. The van der Waals surface area contributed by atoms with Gasteiger partial charge < -0.3 is 10.0 Å². The van der Waals surface area contributed by atoms with E-state index in [-0.39, 0.29) is 18.3 Å². The van der Waals surface area contributed by atoms with Gasteiger partial charge in [-0.3, -0.25) is 0 Å². The van der Waals surface area contributed by atoms with E-state index in [1.165, 1.54) is 4.80 Å². The summed E-state index contributed by atoms with van der Waals surface area (Å²) in [6, 6.07) is 9.58. The first kappa shape index (κ1) is 15.8. The molecular weight excluding hydrogens is 314 g/mol. The van der Waals surface area contributed by atoms with Gasteiger partial charge >= 0.3 is 0 Å². The molecule has 0 radical (unpaired) electrons. The van der Waals surface area contributed by atoms with E-state index >= 15 is 0 Å². The molecule has 1 fully saturated rings. The first-order valence-electron chi connectivity index (χ1n) is 7.74. The summed E-state index contributed by atoms with van der Waals surface area (Å²) in [6.07, 6.45) is 3.83. The van der Waals surface area contributed by atoms with Crippen LogP contribution in [0, 0.1) is 11.3 Å². The van der Waals surface area contributed by atoms with E-state index in [9.17, 15) is 10.4 Å². The lowest BCUT2D eigenvalue weighted by atomic mass is 9.99. The molecule has 0 aliphatic carbocycles. The highest BCUT2D eigenvalue weighted by Gasteiger charge is 2.27. The van der Waals surface area contributed by atoms with E-state index in [1.807, 2.05) is 18.2 Å². The predicted molar refractivity (Wildman–Crippen MR) is 87.8 cm³/mol. The summed E-state index contributed by atoms with van der Waals surface area (Å²) >= 11 is 6.20. The lowest BCUT2D eigenvalue weighted by Gasteiger charge is -2.35. The molecule has 2 heterocycles. The third-order valence-electron chi connectivity index (χ3n) is 4.13. The Morgan fingerprint density at radius 2 is 2.13 bits per heavy atom. The molecule has 0 saturated carbocycles. The molecular formula is C16H18ClN5O. The molecule has 0 bridgehead atoms. The Balaban J connectivity index is 1.99. The highest BCUT2D eigenvalue weighted by atomic mass is 35.5. The van der Waals surface area contributed by atoms with E-state index in [0.717, 1.165) is 25.8 Å². The van der Waals surface area contributed by atoms with E-state index in [4.69, 9.17) is 11.6 Å². The van der Waals surface area contributed by atoms with Crippen molar-refractivity contribution in [3.8, 4) is 11.8 Å². The molecule has 1 unspecified atom stereocenters. The first-order chi connectivity index (χ1) is 11.2. The number of hydrogen-bond donors (Lipinski definition) is 1. The summed E-state index contributed by atoms with van der Waals surface area (Å²) in [7, 11) is 0. The Bertz CT molecular complexity index is 722. The molecule has 23 heavy (non-hydrogen) atoms. The summed E-state index contributed by atoms with van der Waals surface area (Å²) < 4.78 is 0. The van der Waals surface area contributed by atoms with E-state index < -0.39 is 0 Å². The van der Waals surface area contributed by atoms with Crippen molar-refractivity contribution in [2.45, 2.75) is 31.7 Å². The first-order valence-corrected chi connectivity index (χ1v) is 8.12. The van der Waals surface area contributed by atoms with Crippen LogP contribution in [0.15, 0.2) is 24.3 Å². The zero-order valence-electron chi connectivity index (χ0n) is 12.7. The van der Waals surface area contributed by atoms with Crippen LogP contribution in [0.4, 0.5) is 5.82 Å². The Labute approximate surface area is 139 Å². The minimum atomic E-state index is 0.127. The van der Waals surface area contributed by atoms with Crippen molar-refractivity contribution in [1.29, 1.82) is 5.26 Å². The van der Waals surface area contributed by atoms with Crippen LogP contribution in [0.5, 0.6) is 0 Å². The zero-order valence-corrected chi connectivity index (χ0v) is 13.4. The van der Waals surface area contributed by atoms with Crippen LogP contribution < -0.4 is 4.90 Å². The molecule has 120 valence electrons. The second-order valence-corrected chi connectivity index (χ2v) is 5.99. The van der Waals surface area contributed by atoms with Gasteiger partial charge in [0, 0.05) is 19.2 Å². The maximum absolute atomic E-state index is 9.42. The molecule has 7 heteroatoms. The molecule has 1 aromatic heterocycles. The van der Waals surface area contributed by atoms with Crippen LogP contribution >= 0.6 is 11.6 Å². The zero-order chi connectivity index (χ0) is 16.2. The Morgan fingerprint density at radius 1 is 1.30 bits per heavy atom. The molecule has 2 aromatic rings. The van der Waals surface area contributed by atoms with Gasteiger partial charge in [0.05, 0.1) is 5.02 Å². The molecule has 1 atom stereocenters. The topological polar surface area (TPSA) is 78.0 Å². The van der Waals surface area contributed by atoms with E-state index in [0.29, 0.717) is 22.9 Å². The number of halogens is 1. The largest absolute Gasteiger partial charge is 0.396 e. The Morgan fingerprint density at radius 3 is 2.87 bits per heavy atom. The number of para-hydroxylation sites is 1. The number of nitriles is 1. The number of piperidine rings is 1. The smallest absolute Gasteiger partial charge is 0.207 e. The predicted octanol–water partition coefficient (Wildman–Crippen LogP) is 2.53. The number of nitrogens with zero attached hydrogens (tertiary/aromatic N) is 5. The molecule has 6 nitrogen and oxygen atoms in total. The van der Waals surface area contributed by atoms with Gasteiger partial charge in [-0.05, 0) is 37.8 Å². The summed E-state index contributed by atoms with van der Waals surface area (Å²) in [4.78, 5) is 3.51. The van der Waals surface area contributed by atoms with Gasteiger partial charge in [-0.1, -0.05) is 23.7 Å². The number of aliphatic hydroxyl groups excluding tert-OH is 1. The molecule has 1 aliphatic rings. The van der Waals surface area contributed by atoms with Gasteiger partial charge in [0.15, 0.2) is 5.82 Å². The molecule has 0 spiro atoms. The summed E-state index contributed by atoms with van der Waals surface area (Å²) in [5.74, 6) is 0.575. The number of anilines is 1. The van der Waals surface area contributed by atoms with Crippen molar-refractivity contribution in [1.82, 2.24) is 15.0 Å². The fourth-order valence-electron chi connectivity index (χ4n) is 3.01. The number of hydrogen-bond acceptors (Lipinski definition) is 5. The minimum Gasteiger partial charge on any atom is -0.396 e. The van der Waals surface area contributed by atoms with Crippen LogP contribution in [0.1, 0.15) is 31.4 Å². The third-order valence-corrected chi connectivity index (χ3v) is 4.45. The van der Waals surface area contributed by atoms with Crippen LogP contribution in [0.25, 0.3) is 5.69 Å². The van der Waals surface area contributed by atoms with Gasteiger partial charge in [0.25, 0.3) is 0 Å². The van der Waals surface area contributed by atoms with Crippen LogP contribution in [0.2, 0.25) is 5.02 Å². The van der Waals surface area contributed by atoms with Gasteiger partial charge in [-0.15, -0.1) is 15.0 Å². The van der Waals surface area contributed by atoms with Gasteiger partial charge in [0.2, 0.25) is 5.69 Å². The van der Waals surface area contributed by atoms with Crippen molar-refractivity contribution < 1.29 is 5.11 Å². The van der Waals surface area contributed by atoms with Crippen LogP contribution in [-0.4, -0.2) is 39.3 Å². The molecule has 1 saturated heterocycles. The maximum atomic E-state index is 9.42. The lowest BCUT2D eigenvalue weighted by molar-refractivity contribution is 0.262. The highest BCUT2D eigenvalue weighted by molar-refractivity contribution is 6.32. The molecule has 1 aliphatic heterocycles. The Kier molecular flexibility index (Phi) is 4.79. The lowest BCUT2D eigenvalue weighted by Crippen LogP contribution is -2.40. The van der Waals surface area contributed by atoms with Crippen LogP contribution in [0.3, 0.4) is 0 Å². The molecule has 1 aromatic carbocycles. The van der Waals surface area contributed by atoms with E-state index in [1.54, 1.807) is 6.07 Å². The molecule has 3 rings (SSSR count). The fraction of sp³-hybridized carbons (Fsp3) is 0.438. The monoisotopic (exact) mass is 331 g/mol. The van der Waals surface area contributed by atoms with Gasteiger partial charge in [-0.25, -0.2) is 0 Å². The normalized spacial score (nSPS) is 18.0. The number of benzene rings is 1. The number of rotatable bonds is 4. The van der Waals surface area contributed by atoms with Gasteiger partial charge in [-0.2, -0.15) is 5.26 Å². The standard InChI is InChI=1S/C16H18ClN5O/c17-13-6-1-2-7-15(13)22-19-14(11-18)16(20-22)21-9-4-3-5-12(21)8-10-23/h1-2,6-7,12,23H,3-5,8-10H2. The van der Waals surface area contributed by atoms with Gasteiger partial charge in [0.1, 0.15) is 11.8 Å². The highest BCUT2D eigenvalue weighted by Crippen LogP contribution is 2.28. The van der Waals surface area contributed by atoms with Crippen molar-refractivity contribution in [3.63, 3.8) is 0 Å². The van der Waals surface area contributed by atoms with Crippen molar-refractivity contribution >= 4 is 17.4 Å². The van der Waals surface area contributed by atoms with Crippen molar-refractivity contribution in [2.24, 2.45) is 0 Å². The minimum absolute atomic E-state index is 0.127. The number of aromatic nitrogens is 3. The summed E-state index contributed by atoms with van der Waals surface area (Å²) in [6.45, 7) is 0.947. The summed E-state index contributed by atoms with van der Waals surface area (Å²) in [5, 5.41) is 28.0. The average molecular weight is 332 g/mol.